The van der Waals surface area contributed by atoms with Crippen LogP contribution in [0.25, 0.3) is 0 Å². The Bertz CT molecular complexity index is 241. The Morgan fingerprint density at radius 2 is 1.53 bits per heavy atom. The largest absolute Gasteiger partial charge is 0.463 e. The van der Waals surface area contributed by atoms with Gasteiger partial charge in [-0.3, -0.25) is 4.79 Å². The van der Waals surface area contributed by atoms with Crippen LogP contribution in [0, 0.1) is 0 Å². The zero-order chi connectivity index (χ0) is 12.1. The van der Waals surface area contributed by atoms with Gasteiger partial charge in [-0.15, -0.1) is 0 Å². The van der Waals surface area contributed by atoms with Crippen LogP contribution in [0.4, 0.5) is 0 Å². The average molecular weight is 351 g/mol. The van der Waals surface area contributed by atoms with Crippen molar-refractivity contribution in [3.63, 3.8) is 0 Å². The minimum Gasteiger partial charge on any atom is -0.463 e. The lowest BCUT2D eigenvalue weighted by molar-refractivity contribution is -0.726. The van der Waals surface area contributed by atoms with E-state index in [1.165, 1.54) is 51.9 Å². The van der Waals surface area contributed by atoms with Gasteiger partial charge in [-0.1, -0.05) is 6.42 Å². The minimum absolute atomic E-state index is 0.101. The number of hydrogen-bond donors (Lipinski definition) is 0. The molecule has 0 amide bonds. The molecule has 2 fully saturated rings. The molecule has 0 aliphatic heterocycles. The summed E-state index contributed by atoms with van der Waals surface area (Å²) in [5.74, 6) is -0.101. The van der Waals surface area contributed by atoms with Crippen molar-refractivity contribution in [3.8, 4) is 0 Å². The zero-order valence-electron chi connectivity index (χ0n) is 10.8. The van der Waals surface area contributed by atoms with Crippen LogP contribution in [0.1, 0.15) is 64.7 Å². The van der Waals surface area contributed by atoms with Crippen molar-refractivity contribution >= 4 is 5.97 Å². The Labute approximate surface area is 115 Å². The molecule has 17 heavy (non-hydrogen) atoms. The van der Waals surface area contributed by atoms with Crippen LogP contribution < -0.4 is 21.2 Å². The molecule has 0 heterocycles. The smallest absolute Gasteiger partial charge is 0.302 e. The second-order valence-electron chi connectivity index (χ2n) is 5.34. The summed E-state index contributed by atoms with van der Waals surface area (Å²) in [6.07, 6.45) is 12.6. The SMILES string of the molecule is CC(=O)OC1CCC([I+]C2CCCCC2)CC1. The maximum atomic E-state index is 10.9. The normalized spacial score (nSPS) is 31.1. The van der Waals surface area contributed by atoms with Crippen molar-refractivity contribution in [1.82, 2.24) is 0 Å². The highest BCUT2D eigenvalue weighted by Gasteiger charge is 2.36. The summed E-state index contributed by atoms with van der Waals surface area (Å²) in [6.45, 7) is 1.53. The topological polar surface area (TPSA) is 26.3 Å². The highest BCUT2D eigenvalue weighted by Crippen LogP contribution is 2.19. The van der Waals surface area contributed by atoms with Crippen LogP contribution in [-0.4, -0.2) is 19.9 Å². The molecule has 0 N–H and O–H groups in total. The quantitative estimate of drug-likeness (QED) is 0.415. The Morgan fingerprint density at radius 1 is 0.941 bits per heavy atom. The van der Waals surface area contributed by atoms with E-state index in [0.717, 1.165) is 20.7 Å². The number of hydrogen-bond acceptors (Lipinski definition) is 2. The average Bonchev–Trinajstić information content (AvgIpc) is 2.32. The Balaban J connectivity index is 1.66. The van der Waals surface area contributed by atoms with Crippen molar-refractivity contribution in [2.75, 3.05) is 0 Å². The van der Waals surface area contributed by atoms with Gasteiger partial charge in [0.05, 0.1) is 0 Å². The van der Waals surface area contributed by atoms with E-state index in [1.807, 2.05) is 0 Å². The lowest BCUT2D eigenvalue weighted by Crippen LogP contribution is -3.68. The highest BCUT2D eigenvalue weighted by atomic mass is 127. The minimum atomic E-state index is -0.101. The molecule has 2 aliphatic carbocycles. The first-order chi connectivity index (χ1) is 8.24. The number of carbonyl (C=O) groups is 1. The first-order valence-electron chi connectivity index (χ1n) is 7.03. The predicted molar refractivity (Wildman–Crippen MR) is 64.7 cm³/mol. The second-order valence-corrected chi connectivity index (χ2v) is 9.59. The van der Waals surface area contributed by atoms with Crippen molar-refractivity contribution < 1.29 is 30.7 Å². The van der Waals surface area contributed by atoms with Gasteiger partial charge in [0.1, 0.15) is 6.10 Å². The molecule has 2 aliphatic rings. The fraction of sp³-hybridized carbons (Fsp3) is 0.929. The zero-order valence-corrected chi connectivity index (χ0v) is 12.9. The molecule has 0 aromatic rings. The number of rotatable bonds is 3. The van der Waals surface area contributed by atoms with Gasteiger partial charge in [0.15, 0.2) is 7.85 Å². The molecule has 2 nitrogen and oxygen atoms in total. The molecule has 0 radical (unpaired) electrons. The Kier molecular flexibility index (Phi) is 5.57. The molecule has 0 spiro atoms. The molecule has 3 heteroatoms. The third-order valence-electron chi connectivity index (χ3n) is 3.83. The number of carbonyl (C=O) groups excluding carboxylic acids is 1. The van der Waals surface area contributed by atoms with Gasteiger partial charge in [0.25, 0.3) is 21.2 Å². The third kappa shape index (κ3) is 4.76. The summed E-state index contributed by atoms with van der Waals surface area (Å²) in [4.78, 5) is 10.9. The third-order valence-corrected chi connectivity index (χ3v) is 8.35. The molecule has 0 aromatic heterocycles. The summed E-state index contributed by atoms with van der Waals surface area (Å²) in [6, 6.07) is 0. The fourth-order valence-electron chi connectivity index (χ4n) is 2.93. The van der Waals surface area contributed by atoms with Crippen molar-refractivity contribution in [1.29, 1.82) is 0 Å². The molecular weight excluding hydrogens is 327 g/mol. The highest BCUT2D eigenvalue weighted by molar-refractivity contribution is 5.66. The van der Waals surface area contributed by atoms with Gasteiger partial charge in [-0.25, -0.2) is 0 Å². The molecule has 98 valence electrons. The standard InChI is InChI=1S/C14H24IO2/c1-11(16)17-14-9-7-13(8-10-14)15-12-5-3-2-4-6-12/h12-14H,2-10H2,1H3/q+1. The summed E-state index contributed by atoms with van der Waals surface area (Å²) < 4.78 is 7.43. The van der Waals surface area contributed by atoms with E-state index in [-0.39, 0.29) is 12.1 Å². The number of alkyl halides is 2. The van der Waals surface area contributed by atoms with Crippen LogP contribution in [-0.2, 0) is 9.53 Å². The van der Waals surface area contributed by atoms with E-state index >= 15 is 0 Å². The van der Waals surface area contributed by atoms with Crippen LogP contribution in [0.2, 0.25) is 0 Å². The van der Waals surface area contributed by atoms with Gasteiger partial charge >= 0.3 is 5.97 Å². The summed E-state index contributed by atoms with van der Waals surface area (Å²) in [5.41, 5.74) is 0. The van der Waals surface area contributed by atoms with Gasteiger partial charge in [-0.2, -0.15) is 0 Å². The van der Waals surface area contributed by atoms with Crippen LogP contribution in [0.15, 0.2) is 0 Å². The number of esters is 1. The van der Waals surface area contributed by atoms with Gasteiger partial charge in [0.2, 0.25) is 0 Å². The predicted octanol–water partition coefficient (Wildman–Crippen LogP) is 0.282. The van der Waals surface area contributed by atoms with E-state index < -0.39 is 0 Å². The lowest BCUT2D eigenvalue weighted by atomic mass is 9.98. The fourth-order valence-corrected chi connectivity index (χ4v) is 7.41. The van der Waals surface area contributed by atoms with E-state index in [2.05, 4.69) is 0 Å². The number of ether oxygens (including phenoxy) is 1. The van der Waals surface area contributed by atoms with Crippen LogP contribution in [0.5, 0.6) is 0 Å². The molecule has 2 saturated carbocycles. The Morgan fingerprint density at radius 3 is 2.12 bits per heavy atom. The van der Waals surface area contributed by atoms with Gasteiger partial charge in [-0.05, 0) is 51.4 Å². The van der Waals surface area contributed by atoms with Gasteiger partial charge < -0.3 is 4.74 Å². The molecule has 0 saturated heterocycles. The summed E-state index contributed by atoms with van der Waals surface area (Å²) in [7, 11) is 0. The lowest BCUT2D eigenvalue weighted by Gasteiger charge is -2.24. The van der Waals surface area contributed by atoms with E-state index in [9.17, 15) is 4.79 Å². The van der Waals surface area contributed by atoms with Crippen molar-refractivity contribution in [2.45, 2.75) is 78.7 Å². The first-order valence-corrected chi connectivity index (χ1v) is 9.52. The first kappa shape index (κ1) is 13.6. The van der Waals surface area contributed by atoms with Crippen molar-refractivity contribution in [3.05, 3.63) is 0 Å². The second kappa shape index (κ2) is 6.95. The molecule has 0 unspecified atom stereocenters. The molecule has 0 atom stereocenters. The Hall–Kier alpha value is 0.200. The van der Waals surface area contributed by atoms with Crippen LogP contribution >= 0.6 is 0 Å². The van der Waals surface area contributed by atoms with E-state index in [4.69, 9.17) is 4.74 Å². The van der Waals surface area contributed by atoms with Crippen molar-refractivity contribution in [2.24, 2.45) is 0 Å². The monoisotopic (exact) mass is 351 g/mol. The van der Waals surface area contributed by atoms with Gasteiger partial charge in [0, 0.05) is 6.92 Å². The molecule has 0 aromatic carbocycles. The molecular formula is C14H24IO2+. The maximum Gasteiger partial charge on any atom is 0.302 e. The van der Waals surface area contributed by atoms with Crippen LogP contribution in [0.3, 0.4) is 0 Å². The maximum absolute atomic E-state index is 10.9. The number of halogens is 1. The molecule has 2 rings (SSSR count). The van der Waals surface area contributed by atoms with E-state index in [0.29, 0.717) is 21.2 Å². The summed E-state index contributed by atoms with van der Waals surface area (Å²) in [5, 5.41) is 0. The summed E-state index contributed by atoms with van der Waals surface area (Å²) >= 11 is 0.402. The molecule has 0 bridgehead atoms. The van der Waals surface area contributed by atoms with E-state index in [1.54, 1.807) is 0 Å².